The first-order chi connectivity index (χ1) is 8.58. The summed E-state index contributed by atoms with van der Waals surface area (Å²) in [5, 5.41) is 3.61. The summed E-state index contributed by atoms with van der Waals surface area (Å²) in [6.07, 6.45) is 0. The molecule has 4 heteroatoms. The second-order valence-corrected chi connectivity index (χ2v) is 6.27. The highest BCUT2D eigenvalue weighted by molar-refractivity contribution is 9.10. The van der Waals surface area contributed by atoms with Gasteiger partial charge in [0, 0.05) is 21.4 Å². The zero-order valence-electron chi connectivity index (χ0n) is 10.8. The van der Waals surface area contributed by atoms with Crippen molar-refractivity contribution in [1.29, 1.82) is 0 Å². The Morgan fingerprint density at radius 2 is 1.83 bits per heavy atom. The van der Waals surface area contributed by atoms with Crippen LogP contribution in [0.15, 0.2) is 34.2 Å². The number of rotatable bonds is 4. The van der Waals surface area contributed by atoms with Crippen LogP contribution in [0.2, 0.25) is 0 Å². The lowest BCUT2D eigenvalue weighted by atomic mass is 10.1. The summed E-state index contributed by atoms with van der Waals surface area (Å²) in [6, 6.07) is 9.11. The lowest BCUT2D eigenvalue weighted by Crippen LogP contribution is -2.22. The van der Waals surface area contributed by atoms with Crippen LogP contribution in [0.25, 0.3) is 0 Å². The second-order valence-electron chi connectivity index (χ2n) is 4.46. The van der Waals surface area contributed by atoms with E-state index in [1.165, 1.54) is 10.4 Å². The van der Waals surface area contributed by atoms with Crippen LogP contribution < -0.4 is 5.32 Å². The smallest absolute Gasteiger partial charge is 0.0798 e. The van der Waals surface area contributed by atoms with Crippen LogP contribution in [0, 0.1) is 6.92 Å². The van der Waals surface area contributed by atoms with Gasteiger partial charge in [-0.15, -0.1) is 11.3 Å². The highest BCUT2D eigenvalue weighted by atomic mass is 79.9. The molecule has 0 radical (unpaired) electrons. The summed E-state index contributed by atoms with van der Waals surface area (Å²) in [4.78, 5) is 5.62. The third-order valence-electron chi connectivity index (χ3n) is 3.05. The number of aryl methyl sites for hydroxylation is 1. The predicted octanol–water partition coefficient (Wildman–Crippen LogP) is 4.63. The fraction of sp³-hybridized carbons (Fsp3) is 0.357. The largest absolute Gasteiger partial charge is 0.303 e. The van der Waals surface area contributed by atoms with Crippen molar-refractivity contribution in [2.45, 2.75) is 32.9 Å². The maximum Gasteiger partial charge on any atom is 0.0798 e. The Labute approximate surface area is 121 Å². The Morgan fingerprint density at radius 1 is 1.17 bits per heavy atom. The Morgan fingerprint density at radius 3 is 2.39 bits per heavy atom. The molecule has 18 heavy (non-hydrogen) atoms. The molecule has 0 amide bonds. The Hall–Kier alpha value is -0.710. The maximum atomic E-state index is 4.30. The fourth-order valence-corrected chi connectivity index (χ4v) is 3.11. The SMILES string of the molecule is Cc1ncsc1C(C)NC(C)c1ccc(Br)cc1. The van der Waals surface area contributed by atoms with Crippen molar-refractivity contribution in [3.8, 4) is 0 Å². The van der Waals surface area contributed by atoms with Crippen LogP contribution in [0.5, 0.6) is 0 Å². The average molecular weight is 325 g/mol. The van der Waals surface area contributed by atoms with Gasteiger partial charge >= 0.3 is 0 Å². The molecular formula is C14H17BrN2S. The first kappa shape index (κ1) is 13.7. The number of nitrogens with zero attached hydrogens (tertiary/aromatic N) is 1. The predicted molar refractivity (Wildman–Crippen MR) is 81.0 cm³/mol. The molecule has 0 aliphatic carbocycles. The van der Waals surface area contributed by atoms with Crippen LogP contribution in [0.4, 0.5) is 0 Å². The minimum Gasteiger partial charge on any atom is -0.303 e. The van der Waals surface area contributed by atoms with E-state index in [4.69, 9.17) is 0 Å². The second kappa shape index (κ2) is 5.95. The lowest BCUT2D eigenvalue weighted by Gasteiger charge is -2.20. The molecule has 2 nitrogen and oxygen atoms in total. The van der Waals surface area contributed by atoms with Gasteiger partial charge in [0.05, 0.1) is 11.2 Å². The van der Waals surface area contributed by atoms with E-state index in [-0.39, 0.29) is 0 Å². The number of hydrogen-bond donors (Lipinski definition) is 1. The van der Waals surface area contributed by atoms with Gasteiger partial charge in [0.15, 0.2) is 0 Å². The van der Waals surface area contributed by atoms with Crippen molar-refractivity contribution < 1.29 is 0 Å². The van der Waals surface area contributed by atoms with Gasteiger partial charge in [0.25, 0.3) is 0 Å². The first-order valence-corrected chi connectivity index (χ1v) is 7.66. The summed E-state index contributed by atoms with van der Waals surface area (Å²) in [7, 11) is 0. The van der Waals surface area contributed by atoms with Crippen molar-refractivity contribution in [3.05, 3.63) is 50.4 Å². The van der Waals surface area contributed by atoms with Crippen molar-refractivity contribution in [3.63, 3.8) is 0 Å². The van der Waals surface area contributed by atoms with E-state index < -0.39 is 0 Å². The average Bonchev–Trinajstić information content (AvgIpc) is 2.76. The molecule has 0 saturated carbocycles. The molecule has 1 aromatic carbocycles. The van der Waals surface area contributed by atoms with Gasteiger partial charge in [0.1, 0.15) is 0 Å². The van der Waals surface area contributed by atoms with Crippen LogP contribution >= 0.6 is 27.3 Å². The van der Waals surface area contributed by atoms with E-state index in [0.29, 0.717) is 12.1 Å². The van der Waals surface area contributed by atoms with Gasteiger partial charge in [-0.3, -0.25) is 0 Å². The summed E-state index contributed by atoms with van der Waals surface area (Å²) in [6.45, 7) is 6.44. The zero-order valence-corrected chi connectivity index (χ0v) is 13.2. The maximum absolute atomic E-state index is 4.30. The minimum atomic E-state index is 0.328. The molecule has 1 heterocycles. The summed E-state index contributed by atoms with van der Waals surface area (Å²) < 4.78 is 1.12. The van der Waals surface area contributed by atoms with E-state index in [0.717, 1.165) is 10.2 Å². The van der Waals surface area contributed by atoms with Gasteiger partial charge in [-0.25, -0.2) is 4.98 Å². The number of thiazole rings is 1. The molecule has 2 aromatic rings. The Kier molecular flexibility index (Phi) is 4.54. The molecule has 0 bridgehead atoms. The number of nitrogens with one attached hydrogen (secondary N) is 1. The van der Waals surface area contributed by atoms with Crippen LogP contribution in [0.3, 0.4) is 0 Å². The van der Waals surface area contributed by atoms with E-state index >= 15 is 0 Å². The number of aromatic nitrogens is 1. The molecule has 2 rings (SSSR count). The summed E-state index contributed by atoms with van der Waals surface area (Å²) in [5.41, 5.74) is 4.34. The quantitative estimate of drug-likeness (QED) is 0.887. The normalized spacial score (nSPS) is 14.4. The van der Waals surface area contributed by atoms with E-state index in [1.54, 1.807) is 11.3 Å². The number of halogens is 1. The molecule has 0 spiro atoms. The van der Waals surface area contributed by atoms with Gasteiger partial charge in [0.2, 0.25) is 0 Å². The Bertz CT molecular complexity index is 507. The molecular weight excluding hydrogens is 308 g/mol. The van der Waals surface area contributed by atoms with Crippen LogP contribution in [-0.2, 0) is 0 Å². The third-order valence-corrected chi connectivity index (χ3v) is 4.69. The van der Waals surface area contributed by atoms with Gasteiger partial charge in [-0.05, 0) is 38.5 Å². The van der Waals surface area contributed by atoms with E-state index in [1.807, 2.05) is 5.51 Å². The molecule has 0 saturated heterocycles. The Balaban J connectivity index is 2.05. The standard InChI is InChI=1S/C14H17BrN2S/c1-9(12-4-6-13(15)7-5-12)17-11(3)14-10(2)16-8-18-14/h4-9,11,17H,1-3H3. The molecule has 0 fully saturated rings. The number of hydrogen-bond acceptors (Lipinski definition) is 3. The monoisotopic (exact) mass is 324 g/mol. The highest BCUT2D eigenvalue weighted by Gasteiger charge is 2.14. The molecule has 1 N–H and O–H groups in total. The van der Waals surface area contributed by atoms with Crippen LogP contribution in [-0.4, -0.2) is 4.98 Å². The molecule has 1 aromatic heterocycles. The molecule has 0 aliphatic heterocycles. The first-order valence-electron chi connectivity index (χ1n) is 5.99. The number of benzene rings is 1. The lowest BCUT2D eigenvalue weighted by molar-refractivity contribution is 0.498. The molecule has 2 atom stereocenters. The fourth-order valence-electron chi connectivity index (χ4n) is 2.02. The van der Waals surface area contributed by atoms with Crippen molar-refractivity contribution >= 4 is 27.3 Å². The van der Waals surface area contributed by atoms with Gasteiger partial charge in [-0.1, -0.05) is 28.1 Å². The van der Waals surface area contributed by atoms with Crippen molar-refractivity contribution in [2.24, 2.45) is 0 Å². The third kappa shape index (κ3) is 3.19. The van der Waals surface area contributed by atoms with E-state index in [9.17, 15) is 0 Å². The van der Waals surface area contributed by atoms with Gasteiger partial charge in [-0.2, -0.15) is 0 Å². The highest BCUT2D eigenvalue weighted by Crippen LogP contribution is 2.25. The topological polar surface area (TPSA) is 24.9 Å². The molecule has 96 valence electrons. The zero-order chi connectivity index (χ0) is 13.1. The van der Waals surface area contributed by atoms with E-state index in [2.05, 4.69) is 71.3 Å². The summed E-state index contributed by atoms with van der Waals surface area (Å²) >= 11 is 5.18. The van der Waals surface area contributed by atoms with Crippen molar-refractivity contribution in [2.75, 3.05) is 0 Å². The summed E-state index contributed by atoms with van der Waals surface area (Å²) in [5.74, 6) is 0. The van der Waals surface area contributed by atoms with Crippen molar-refractivity contribution in [1.82, 2.24) is 10.3 Å². The van der Waals surface area contributed by atoms with Gasteiger partial charge < -0.3 is 5.32 Å². The van der Waals surface area contributed by atoms with Crippen LogP contribution in [0.1, 0.15) is 42.1 Å². The molecule has 0 aliphatic rings. The molecule has 2 unspecified atom stereocenters. The minimum absolute atomic E-state index is 0.328.